The van der Waals surface area contributed by atoms with Crippen LogP contribution in [0.25, 0.3) is 0 Å². The first-order valence-electron chi connectivity index (χ1n) is 4.76. The van der Waals surface area contributed by atoms with E-state index in [4.69, 9.17) is 8.85 Å². The second-order valence-electron chi connectivity index (χ2n) is 3.27. The summed E-state index contributed by atoms with van der Waals surface area (Å²) in [7, 11) is 0.00426. The molecule has 0 heterocycles. The number of hydrogen-bond acceptors (Lipinski definition) is 2. The van der Waals surface area contributed by atoms with Crippen molar-refractivity contribution < 1.29 is 22.0 Å². The summed E-state index contributed by atoms with van der Waals surface area (Å²) in [5.41, 5.74) is 0. The molecule has 16 heavy (non-hydrogen) atoms. The molecule has 0 saturated heterocycles. The fourth-order valence-electron chi connectivity index (χ4n) is 1.59. The van der Waals surface area contributed by atoms with E-state index in [0.29, 0.717) is 6.04 Å². The minimum Gasteiger partial charge on any atom is -0.394 e. The van der Waals surface area contributed by atoms with Gasteiger partial charge in [0.15, 0.2) is 17.5 Å². The van der Waals surface area contributed by atoms with Crippen molar-refractivity contribution in [2.24, 2.45) is 0 Å². The molecule has 1 rings (SSSR count). The summed E-state index contributed by atoms with van der Waals surface area (Å²) < 4.78 is 49.4. The maximum atomic E-state index is 13.1. The quantitative estimate of drug-likeness (QED) is 0.601. The zero-order valence-electron chi connectivity index (χ0n) is 9.31. The molecule has 90 valence electrons. The minimum atomic E-state index is -2.83. The van der Waals surface area contributed by atoms with Crippen LogP contribution in [-0.2, 0) is 8.85 Å². The van der Waals surface area contributed by atoms with E-state index < -0.39 is 26.0 Å². The van der Waals surface area contributed by atoms with Gasteiger partial charge in [0.25, 0.3) is 0 Å². The maximum absolute atomic E-state index is 13.1. The second-order valence-corrected chi connectivity index (χ2v) is 6.88. The number of hydrogen-bond donors (Lipinski definition) is 0. The third-order valence-corrected chi connectivity index (χ3v) is 5.97. The smallest absolute Gasteiger partial charge is 0.371 e. The lowest BCUT2D eigenvalue weighted by Gasteiger charge is -2.26. The predicted molar refractivity (Wildman–Crippen MR) is 56.2 cm³/mol. The van der Waals surface area contributed by atoms with Gasteiger partial charge in [-0.2, -0.15) is 0 Å². The third-order valence-electron chi connectivity index (χ3n) is 2.55. The van der Waals surface area contributed by atoms with E-state index in [9.17, 15) is 13.2 Å². The lowest BCUT2D eigenvalue weighted by molar-refractivity contribution is 0.258. The molecular weight excluding hydrogens is 237 g/mol. The van der Waals surface area contributed by atoms with Crippen molar-refractivity contribution >= 4 is 13.7 Å². The molecule has 0 atom stereocenters. The SMILES string of the molecule is CC[Si](OC)(OC)c1cc(F)c(F)c(F)c1. The van der Waals surface area contributed by atoms with Crippen LogP contribution >= 0.6 is 0 Å². The van der Waals surface area contributed by atoms with Crippen LogP contribution in [0.1, 0.15) is 6.92 Å². The van der Waals surface area contributed by atoms with Crippen LogP contribution in [0.15, 0.2) is 12.1 Å². The Morgan fingerprint density at radius 1 is 1.06 bits per heavy atom. The molecule has 0 spiro atoms. The molecule has 1 aromatic carbocycles. The first kappa shape index (κ1) is 13.2. The zero-order chi connectivity index (χ0) is 12.3. The summed E-state index contributed by atoms with van der Waals surface area (Å²) in [6, 6.07) is 2.34. The lowest BCUT2D eigenvalue weighted by Crippen LogP contribution is -2.52. The molecule has 0 radical (unpaired) electrons. The van der Waals surface area contributed by atoms with Crippen molar-refractivity contribution in [2.75, 3.05) is 14.2 Å². The highest BCUT2D eigenvalue weighted by Gasteiger charge is 2.37. The fraction of sp³-hybridized carbons (Fsp3) is 0.400. The molecule has 0 aliphatic carbocycles. The van der Waals surface area contributed by atoms with Crippen LogP contribution in [0.2, 0.25) is 6.04 Å². The van der Waals surface area contributed by atoms with E-state index in [-0.39, 0.29) is 5.19 Å². The highest BCUT2D eigenvalue weighted by Crippen LogP contribution is 2.15. The molecule has 0 aromatic heterocycles. The molecule has 1 aromatic rings. The van der Waals surface area contributed by atoms with Crippen LogP contribution in [0, 0.1) is 17.5 Å². The van der Waals surface area contributed by atoms with E-state index >= 15 is 0 Å². The molecular formula is C10H13F3O2Si. The molecule has 0 saturated carbocycles. The molecule has 0 aliphatic heterocycles. The van der Waals surface area contributed by atoms with Gasteiger partial charge in [-0.05, 0) is 18.2 Å². The van der Waals surface area contributed by atoms with Crippen LogP contribution in [0.3, 0.4) is 0 Å². The van der Waals surface area contributed by atoms with E-state index in [1.54, 1.807) is 6.92 Å². The van der Waals surface area contributed by atoms with Crippen molar-refractivity contribution in [2.45, 2.75) is 13.0 Å². The Morgan fingerprint density at radius 2 is 1.50 bits per heavy atom. The largest absolute Gasteiger partial charge is 0.394 e. The monoisotopic (exact) mass is 250 g/mol. The van der Waals surface area contributed by atoms with E-state index in [1.807, 2.05) is 0 Å². The first-order chi connectivity index (χ1) is 7.50. The van der Waals surface area contributed by atoms with Crippen LogP contribution in [-0.4, -0.2) is 22.8 Å². The Labute approximate surface area is 93.2 Å². The van der Waals surface area contributed by atoms with Crippen molar-refractivity contribution in [3.63, 3.8) is 0 Å². The normalized spacial score (nSPS) is 11.9. The van der Waals surface area contributed by atoms with Crippen LogP contribution in [0.4, 0.5) is 13.2 Å². The highest BCUT2D eigenvalue weighted by molar-refractivity contribution is 6.81. The van der Waals surface area contributed by atoms with Crippen molar-refractivity contribution in [1.29, 1.82) is 0 Å². The molecule has 0 fully saturated rings. The Kier molecular flexibility index (Phi) is 4.12. The van der Waals surface area contributed by atoms with Crippen molar-refractivity contribution in [3.05, 3.63) is 29.6 Å². The van der Waals surface area contributed by atoms with Gasteiger partial charge in [-0.15, -0.1) is 0 Å². The summed E-state index contributed by atoms with van der Waals surface area (Å²) in [5, 5.41) is 0.247. The average Bonchev–Trinajstić information content (AvgIpc) is 2.29. The number of rotatable bonds is 4. The van der Waals surface area contributed by atoms with Crippen molar-refractivity contribution in [3.8, 4) is 0 Å². The molecule has 0 N–H and O–H groups in total. The van der Waals surface area contributed by atoms with Gasteiger partial charge in [-0.25, -0.2) is 13.2 Å². The van der Waals surface area contributed by atoms with E-state index in [0.717, 1.165) is 12.1 Å². The van der Waals surface area contributed by atoms with Crippen LogP contribution in [0.5, 0.6) is 0 Å². The van der Waals surface area contributed by atoms with Gasteiger partial charge in [-0.3, -0.25) is 0 Å². The number of benzene rings is 1. The van der Waals surface area contributed by atoms with Gasteiger partial charge in [0.1, 0.15) is 0 Å². The molecule has 0 bridgehead atoms. The van der Waals surface area contributed by atoms with Gasteiger partial charge in [0, 0.05) is 19.4 Å². The lowest BCUT2D eigenvalue weighted by atomic mass is 10.3. The molecule has 0 amide bonds. The zero-order valence-corrected chi connectivity index (χ0v) is 10.3. The molecule has 0 aliphatic rings. The Bertz CT molecular complexity index is 349. The molecule has 6 heteroatoms. The summed E-state index contributed by atoms with van der Waals surface area (Å²) in [4.78, 5) is 0. The highest BCUT2D eigenvalue weighted by atomic mass is 28.4. The minimum absolute atomic E-state index is 0.247. The van der Waals surface area contributed by atoms with Gasteiger partial charge >= 0.3 is 8.56 Å². The van der Waals surface area contributed by atoms with Gasteiger partial charge < -0.3 is 8.85 Å². The summed E-state index contributed by atoms with van der Waals surface area (Å²) in [6.07, 6.45) is 0. The van der Waals surface area contributed by atoms with E-state index in [1.165, 1.54) is 14.2 Å². The molecule has 0 unspecified atom stereocenters. The average molecular weight is 250 g/mol. The second kappa shape index (κ2) is 4.99. The summed E-state index contributed by atoms with van der Waals surface area (Å²) in [6.45, 7) is 1.79. The van der Waals surface area contributed by atoms with Gasteiger partial charge in [-0.1, -0.05) is 6.92 Å². The number of halogens is 3. The Hall–Kier alpha value is -0.853. The van der Waals surface area contributed by atoms with Gasteiger partial charge in [0.2, 0.25) is 0 Å². The predicted octanol–water partition coefficient (Wildman–Crippen LogP) is 2.07. The fourth-order valence-corrected chi connectivity index (χ4v) is 3.90. The topological polar surface area (TPSA) is 18.5 Å². The molecule has 2 nitrogen and oxygen atoms in total. The van der Waals surface area contributed by atoms with Gasteiger partial charge in [0.05, 0.1) is 0 Å². The van der Waals surface area contributed by atoms with Crippen molar-refractivity contribution in [1.82, 2.24) is 0 Å². The Balaban J connectivity index is 3.31. The standard InChI is InChI=1S/C10H13F3O2Si/c1-4-16(14-2,15-3)7-5-8(11)10(13)9(12)6-7/h5-6H,4H2,1-3H3. The van der Waals surface area contributed by atoms with Crippen LogP contribution < -0.4 is 5.19 Å². The van der Waals surface area contributed by atoms with E-state index in [2.05, 4.69) is 0 Å². The third kappa shape index (κ3) is 2.13. The summed E-state index contributed by atoms with van der Waals surface area (Å²) in [5.74, 6) is -3.93. The maximum Gasteiger partial charge on any atom is 0.371 e. The Morgan fingerprint density at radius 3 is 1.81 bits per heavy atom. The summed E-state index contributed by atoms with van der Waals surface area (Å²) >= 11 is 0. The first-order valence-corrected chi connectivity index (χ1v) is 6.78.